The molecule has 0 aliphatic carbocycles. The van der Waals surface area contributed by atoms with E-state index in [9.17, 15) is 4.79 Å². The first-order valence-electron chi connectivity index (χ1n) is 3.96. The van der Waals surface area contributed by atoms with Crippen molar-refractivity contribution in [3.63, 3.8) is 0 Å². The van der Waals surface area contributed by atoms with Crippen molar-refractivity contribution in [3.8, 4) is 5.75 Å². The molecule has 0 spiro atoms. The molecule has 0 saturated carbocycles. The summed E-state index contributed by atoms with van der Waals surface area (Å²) in [5.41, 5.74) is 0.809. The number of hydrogen-bond donors (Lipinski definition) is 1. The lowest BCUT2D eigenvalue weighted by Crippen LogP contribution is -2.16. The van der Waals surface area contributed by atoms with Crippen LogP contribution in [0.4, 0.5) is 0 Å². The number of methoxy groups -OCH3 is 2. The standard InChI is InChI=1S/C9H10BO4/c1-13-8-4-3-6(10-12)5-7(8)9(11)14-2/h3-5,12H,1-2H3. The molecular formula is C9H10BO4. The van der Waals surface area contributed by atoms with E-state index >= 15 is 0 Å². The summed E-state index contributed by atoms with van der Waals surface area (Å²) < 4.78 is 9.54. The molecule has 0 heterocycles. The van der Waals surface area contributed by atoms with Crippen molar-refractivity contribution >= 4 is 18.9 Å². The second-order valence-corrected chi connectivity index (χ2v) is 2.58. The molecular weight excluding hydrogens is 183 g/mol. The highest BCUT2D eigenvalue weighted by atomic mass is 16.5. The van der Waals surface area contributed by atoms with Crippen molar-refractivity contribution in [2.75, 3.05) is 14.2 Å². The van der Waals surface area contributed by atoms with Crippen molar-refractivity contribution in [2.24, 2.45) is 0 Å². The zero-order valence-corrected chi connectivity index (χ0v) is 7.98. The summed E-state index contributed by atoms with van der Waals surface area (Å²) in [7, 11) is 3.66. The fraction of sp³-hybridized carbons (Fsp3) is 0.222. The topological polar surface area (TPSA) is 55.8 Å². The Morgan fingerprint density at radius 1 is 1.43 bits per heavy atom. The number of benzene rings is 1. The van der Waals surface area contributed by atoms with Crippen molar-refractivity contribution in [3.05, 3.63) is 23.8 Å². The average molecular weight is 193 g/mol. The Labute approximate surface area is 82.7 Å². The number of carbonyl (C=O) groups excluding carboxylic acids is 1. The fourth-order valence-corrected chi connectivity index (χ4v) is 1.08. The highest BCUT2D eigenvalue weighted by molar-refractivity contribution is 6.45. The average Bonchev–Trinajstić information content (AvgIpc) is 2.27. The first-order valence-corrected chi connectivity index (χ1v) is 3.96. The molecule has 1 rings (SSSR count). The van der Waals surface area contributed by atoms with E-state index in [1.165, 1.54) is 20.3 Å². The van der Waals surface area contributed by atoms with Gasteiger partial charge in [-0.3, -0.25) is 0 Å². The summed E-state index contributed by atoms with van der Waals surface area (Å²) in [6, 6.07) is 4.71. The van der Waals surface area contributed by atoms with E-state index in [4.69, 9.17) is 9.76 Å². The molecule has 0 bridgehead atoms. The van der Waals surface area contributed by atoms with Crippen molar-refractivity contribution in [1.29, 1.82) is 0 Å². The van der Waals surface area contributed by atoms with Crippen molar-refractivity contribution in [2.45, 2.75) is 0 Å². The fourth-order valence-electron chi connectivity index (χ4n) is 1.08. The largest absolute Gasteiger partial charge is 0.496 e. The number of ether oxygens (including phenoxy) is 2. The Bertz CT molecular complexity index is 338. The molecule has 0 saturated heterocycles. The lowest BCUT2D eigenvalue weighted by molar-refractivity contribution is 0.0597. The van der Waals surface area contributed by atoms with Crippen LogP contribution >= 0.6 is 0 Å². The lowest BCUT2D eigenvalue weighted by atomic mass is 9.87. The Balaban J connectivity index is 3.14. The lowest BCUT2D eigenvalue weighted by Gasteiger charge is -2.07. The summed E-state index contributed by atoms with van der Waals surface area (Å²) in [6.07, 6.45) is 0. The van der Waals surface area contributed by atoms with Gasteiger partial charge in [0.2, 0.25) is 0 Å². The highest BCUT2D eigenvalue weighted by Crippen LogP contribution is 2.16. The molecule has 1 aromatic rings. The zero-order valence-electron chi connectivity index (χ0n) is 7.98. The van der Waals surface area contributed by atoms with Gasteiger partial charge < -0.3 is 14.5 Å². The third-order valence-corrected chi connectivity index (χ3v) is 1.78. The minimum atomic E-state index is -0.495. The monoisotopic (exact) mass is 193 g/mol. The molecule has 0 aromatic heterocycles. The molecule has 0 aliphatic rings. The maximum atomic E-state index is 11.3. The second-order valence-electron chi connectivity index (χ2n) is 2.58. The maximum Gasteiger partial charge on any atom is 0.341 e. The molecule has 0 aliphatic heterocycles. The summed E-state index contributed by atoms with van der Waals surface area (Å²) in [5, 5.41) is 8.76. The molecule has 0 fully saturated rings. The number of hydrogen-bond acceptors (Lipinski definition) is 4. The molecule has 0 atom stereocenters. The molecule has 73 valence electrons. The van der Waals surface area contributed by atoms with Crippen LogP contribution in [0.2, 0.25) is 0 Å². The summed E-state index contributed by atoms with van der Waals surface area (Å²) >= 11 is 0. The first kappa shape index (κ1) is 10.6. The number of esters is 1. The molecule has 4 nitrogen and oxygen atoms in total. The molecule has 1 N–H and O–H groups in total. The third kappa shape index (κ3) is 2.06. The van der Waals surface area contributed by atoms with E-state index in [0.29, 0.717) is 11.2 Å². The van der Waals surface area contributed by atoms with E-state index < -0.39 is 5.97 Å². The van der Waals surface area contributed by atoms with Gasteiger partial charge in [0.05, 0.1) is 14.2 Å². The Morgan fingerprint density at radius 2 is 2.14 bits per heavy atom. The molecule has 1 aromatic carbocycles. The van der Waals surface area contributed by atoms with Gasteiger partial charge in [-0.05, 0) is 12.1 Å². The third-order valence-electron chi connectivity index (χ3n) is 1.78. The predicted molar refractivity (Wildman–Crippen MR) is 51.9 cm³/mol. The predicted octanol–water partition coefficient (Wildman–Crippen LogP) is -0.281. The summed E-state index contributed by atoms with van der Waals surface area (Å²) in [5.74, 6) is -0.0759. The number of carbonyl (C=O) groups is 1. The van der Waals surface area contributed by atoms with Gasteiger partial charge in [-0.15, -0.1) is 0 Å². The van der Waals surface area contributed by atoms with E-state index in [-0.39, 0.29) is 5.56 Å². The smallest absolute Gasteiger partial charge is 0.341 e. The van der Waals surface area contributed by atoms with Gasteiger partial charge in [-0.25, -0.2) is 4.79 Å². The minimum absolute atomic E-state index is 0.290. The minimum Gasteiger partial charge on any atom is -0.496 e. The van der Waals surface area contributed by atoms with Crippen LogP contribution in [0.5, 0.6) is 5.75 Å². The quantitative estimate of drug-likeness (QED) is 0.529. The summed E-state index contributed by atoms with van der Waals surface area (Å²) in [4.78, 5) is 11.3. The Morgan fingerprint density at radius 3 is 2.64 bits per heavy atom. The number of rotatable bonds is 3. The van der Waals surface area contributed by atoms with Gasteiger partial charge >= 0.3 is 13.5 Å². The van der Waals surface area contributed by atoms with Crippen molar-refractivity contribution < 1.29 is 19.3 Å². The van der Waals surface area contributed by atoms with Crippen LogP contribution in [0.1, 0.15) is 10.4 Å². The van der Waals surface area contributed by atoms with Gasteiger partial charge in [-0.2, -0.15) is 0 Å². The maximum absolute atomic E-state index is 11.3. The molecule has 5 heteroatoms. The summed E-state index contributed by atoms with van der Waals surface area (Å²) in [6.45, 7) is 0. The molecule has 14 heavy (non-hydrogen) atoms. The first-order chi connectivity index (χ1) is 6.72. The Kier molecular flexibility index (Phi) is 3.53. The second kappa shape index (κ2) is 4.67. The SMILES string of the molecule is COC(=O)c1cc([B]O)ccc1OC. The van der Waals surface area contributed by atoms with Gasteiger partial charge in [0, 0.05) is 0 Å². The normalized spacial score (nSPS) is 9.36. The van der Waals surface area contributed by atoms with Crippen LogP contribution in [0.15, 0.2) is 18.2 Å². The molecule has 0 amide bonds. The zero-order chi connectivity index (χ0) is 10.6. The van der Waals surface area contributed by atoms with Gasteiger partial charge in [-0.1, -0.05) is 11.5 Å². The Hall–Kier alpha value is -1.49. The van der Waals surface area contributed by atoms with Gasteiger partial charge in [0.1, 0.15) is 11.3 Å². The van der Waals surface area contributed by atoms with Crippen LogP contribution in [0.25, 0.3) is 0 Å². The van der Waals surface area contributed by atoms with E-state index in [2.05, 4.69) is 4.74 Å². The van der Waals surface area contributed by atoms with Crippen LogP contribution in [0, 0.1) is 0 Å². The van der Waals surface area contributed by atoms with Gasteiger partial charge in [0.15, 0.2) is 0 Å². The van der Waals surface area contributed by atoms with Gasteiger partial charge in [0.25, 0.3) is 0 Å². The van der Waals surface area contributed by atoms with Crippen molar-refractivity contribution in [1.82, 2.24) is 0 Å². The van der Waals surface area contributed by atoms with Crippen LogP contribution in [-0.4, -0.2) is 32.7 Å². The van der Waals surface area contributed by atoms with Crippen LogP contribution in [-0.2, 0) is 4.74 Å². The van der Waals surface area contributed by atoms with E-state index in [0.717, 1.165) is 7.48 Å². The van der Waals surface area contributed by atoms with Crippen LogP contribution in [0.3, 0.4) is 0 Å². The van der Waals surface area contributed by atoms with E-state index in [1.807, 2.05) is 0 Å². The molecule has 1 radical (unpaired) electrons. The molecule has 0 unspecified atom stereocenters. The van der Waals surface area contributed by atoms with Crippen LogP contribution < -0.4 is 10.2 Å². The highest BCUT2D eigenvalue weighted by Gasteiger charge is 2.13. The van der Waals surface area contributed by atoms with E-state index in [1.54, 1.807) is 12.1 Å².